The second kappa shape index (κ2) is 7.23. The van der Waals surface area contributed by atoms with Crippen molar-refractivity contribution in [3.05, 3.63) is 60.0 Å². The van der Waals surface area contributed by atoms with E-state index in [0.717, 1.165) is 23.3 Å². The lowest BCUT2D eigenvalue weighted by atomic mass is 10.0. The molecule has 0 fully saturated rings. The first-order chi connectivity index (χ1) is 14.0. The Balaban J connectivity index is 1.84. The van der Waals surface area contributed by atoms with E-state index in [1.165, 1.54) is 6.07 Å². The number of nitrogens with one attached hydrogen (secondary N) is 1. The smallest absolute Gasteiger partial charge is 0.338 e. The molecule has 2 heterocycles. The molecule has 29 heavy (non-hydrogen) atoms. The summed E-state index contributed by atoms with van der Waals surface area (Å²) in [5.41, 5.74) is 1.99. The Kier molecular flexibility index (Phi) is 4.59. The number of carbonyl (C=O) groups is 1. The first-order valence-corrected chi connectivity index (χ1v) is 8.82. The molecule has 0 amide bonds. The largest absolute Gasteiger partial charge is 0.507 e. The summed E-state index contributed by atoms with van der Waals surface area (Å²) in [6.07, 6.45) is 1.63. The number of aromatic hydroxyl groups is 1. The van der Waals surface area contributed by atoms with Crippen molar-refractivity contribution in [2.75, 3.05) is 6.61 Å². The quantitative estimate of drug-likeness (QED) is 0.468. The average Bonchev–Trinajstić information content (AvgIpc) is 3.11. The van der Waals surface area contributed by atoms with Gasteiger partial charge in [-0.3, -0.25) is 0 Å². The van der Waals surface area contributed by atoms with Crippen molar-refractivity contribution >= 4 is 17.0 Å². The second-order valence-corrected chi connectivity index (χ2v) is 6.26. The van der Waals surface area contributed by atoms with Gasteiger partial charge in [0.05, 0.1) is 28.8 Å². The molecule has 4 aromatic rings. The number of halogens is 1. The summed E-state index contributed by atoms with van der Waals surface area (Å²) in [5, 5.41) is 19.4. The van der Waals surface area contributed by atoms with E-state index in [0.29, 0.717) is 23.6 Å². The highest BCUT2D eigenvalue weighted by Crippen LogP contribution is 2.36. The standard InChI is InChI=1S/C21H16FN3O4/c1-2-29-20-12(4-3-7-23-20)11-5-6-18(26)14(8-11)19-24-16-9-13(21(27)28)15(22)10-17(16)25-19/h3-10,26H,2H2,1H3,(H,24,25)(H,27,28). The molecule has 0 bridgehead atoms. The summed E-state index contributed by atoms with van der Waals surface area (Å²) in [5.74, 6) is -1.53. The molecule has 0 unspecified atom stereocenters. The monoisotopic (exact) mass is 393 g/mol. The van der Waals surface area contributed by atoms with Crippen LogP contribution in [0.4, 0.5) is 4.39 Å². The van der Waals surface area contributed by atoms with Crippen LogP contribution < -0.4 is 4.74 Å². The van der Waals surface area contributed by atoms with Crippen molar-refractivity contribution in [1.29, 1.82) is 0 Å². The molecule has 0 radical (unpaired) electrons. The van der Waals surface area contributed by atoms with Gasteiger partial charge in [0.1, 0.15) is 17.4 Å². The van der Waals surface area contributed by atoms with Crippen LogP contribution in [0, 0.1) is 5.82 Å². The van der Waals surface area contributed by atoms with Crippen molar-refractivity contribution in [3.63, 3.8) is 0 Å². The zero-order valence-electron chi connectivity index (χ0n) is 15.3. The van der Waals surface area contributed by atoms with Gasteiger partial charge in [0.2, 0.25) is 5.88 Å². The number of pyridine rings is 1. The molecule has 2 aromatic carbocycles. The third-order valence-electron chi connectivity index (χ3n) is 4.42. The fourth-order valence-corrected chi connectivity index (χ4v) is 3.08. The topological polar surface area (TPSA) is 108 Å². The normalized spacial score (nSPS) is 11.0. The van der Waals surface area contributed by atoms with Crippen molar-refractivity contribution in [2.24, 2.45) is 0 Å². The third kappa shape index (κ3) is 3.36. The number of imidazole rings is 1. The van der Waals surface area contributed by atoms with E-state index in [9.17, 15) is 14.3 Å². The Labute approximate surface area is 164 Å². The van der Waals surface area contributed by atoms with Gasteiger partial charge in [-0.2, -0.15) is 0 Å². The van der Waals surface area contributed by atoms with E-state index in [1.807, 2.05) is 13.0 Å². The number of aromatic nitrogens is 3. The number of phenolic OH excluding ortho intramolecular Hbond substituents is 1. The zero-order chi connectivity index (χ0) is 20.5. The van der Waals surface area contributed by atoms with Gasteiger partial charge in [0.15, 0.2) is 0 Å². The predicted octanol–water partition coefficient (Wildman–Crippen LogP) is 4.23. The number of carboxylic acid groups (broad SMARTS) is 1. The van der Waals surface area contributed by atoms with Crippen LogP contribution in [0.3, 0.4) is 0 Å². The van der Waals surface area contributed by atoms with E-state index in [4.69, 9.17) is 9.84 Å². The number of aromatic carboxylic acids is 1. The summed E-state index contributed by atoms with van der Waals surface area (Å²) in [4.78, 5) is 22.6. The summed E-state index contributed by atoms with van der Waals surface area (Å²) in [6.45, 7) is 2.32. The fourth-order valence-electron chi connectivity index (χ4n) is 3.08. The van der Waals surface area contributed by atoms with Crippen LogP contribution in [0.15, 0.2) is 48.7 Å². The predicted molar refractivity (Wildman–Crippen MR) is 105 cm³/mol. The number of rotatable bonds is 5. The van der Waals surface area contributed by atoms with Gasteiger partial charge >= 0.3 is 5.97 Å². The van der Waals surface area contributed by atoms with Crippen LogP contribution in [-0.2, 0) is 0 Å². The Morgan fingerprint density at radius 1 is 1.21 bits per heavy atom. The van der Waals surface area contributed by atoms with Gasteiger partial charge in [-0.15, -0.1) is 0 Å². The first kappa shape index (κ1) is 18.4. The maximum absolute atomic E-state index is 14.0. The third-order valence-corrected chi connectivity index (χ3v) is 4.42. The van der Waals surface area contributed by atoms with E-state index in [-0.39, 0.29) is 17.1 Å². The molecule has 8 heteroatoms. The van der Waals surface area contributed by atoms with Gasteiger partial charge in [0, 0.05) is 17.8 Å². The molecule has 7 nitrogen and oxygen atoms in total. The highest BCUT2D eigenvalue weighted by molar-refractivity contribution is 5.93. The summed E-state index contributed by atoms with van der Waals surface area (Å²) >= 11 is 0. The van der Waals surface area contributed by atoms with Crippen LogP contribution in [0.1, 0.15) is 17.3 Å². The second-order valence-electron chi connectivity index (χ2n) is 6.26. The maximum atomic E-state index is 14.0. The minimum atomic E-state index is -1.38. The minimum absolute atomic E-state index is 0.0337. The molecule has 0 atom stereocenters. The zero-order valence-corrected chi connectivity index (χ0v) is 15.3. The number of ether oxygens (including phenoxy) is 1. The Morgan fingerprint density at radius 3 is 2.79 bits per heavy atom. The Hall–Kier alpha value is -3.94. The van der Waals surface area contributed by atoms with Crippen LogP contribution in [0.5, 0.6) is 11.6 Å². The summed E-state index contributed by atoms with van der Waals surface area (Å²) < 4.78 is 19.5. The molecule has 0 saturated carbocycles. The number of phenols is 1. The van der Waals surface area contributed by atoms with Crippen molar-refractivity contribution in [3.8, 4) is 34.1 Å². The van der Waals surface area contributed by atoms with Gasteiger partial charge in [-0.05, 0) is 42.8 Å². The minimum Gasteiger partial charge on any atom is -0.507 e. The van der Waals surface area contributed by atoms with Crippen molar-refractivity contribution in [2.45, 2.75) is 6.92 Å². The number of fused-ring (bicyclic) bond motifs is 1. The lowest BCUT2D eigenvalue weighted by Gasteiger charge is -2.10. The van der Waals surface area contributed by atoms with Gasteiger partial charge in [-0.25, -0.2) is 19.2 Å². The Bertz CT molecular complexity index is 1240. The van der Waals surface area contributed by atoms with E-state index in [2.05, 4.69) is 15.0 Å². The molecule has 0 saturated heterocycles. The highest BCUT2D eigenvalue weighted by atomic mass is 19.1. The Morgan fingerprint density at radius 2 is 2.03 bits per heavy atom. The highest BCUT2D eigenvalue weighted by Gasteiger charge is 2.17. The molecular weight excluding hydrogens is 377 g/mol. The van der Waals surface area contributed by atoms with Crippen molar-refractivity contribution in [1.82, 2.24) is 15.0 Å². The SMILES string of the molecule is CCOc1ncccc1-c1ccc(O)c(-c2nc3cc(C(=O)O)c(F)cc3[nH]2)c1. The molecule has 0 aliphatic rings. The first-order valence-electron chi connectivity index (χ1n) is 8.82. The molecule has 4 rings (SSSR count). The van der Waals surface area contributed by atoms with E-state index >= 15 is 0 Å². The summed E-state index contributed by atoms with van der Waals surface area (Å²) in [6, 6.07) is 10.8. The number of hydrogen-bond acceptors (Lipinski definition) is 5. The lowest BCUT2D eigenvalue weighted by Crippen LogP contribution is -1.99. The number of H-pyrrole nitrogens is 1. The number of hydrogen-bond donors (Lipinski definition) is 3. The lowest BCUT2D eigenvalue weighted by molar-refractivity contribution is 0.0692. The van der Waals surface area contributed by atoms with E-state index in [1.54, 1.807) is 24.4 Å². The summed E-state index contributed by atoms with van der Waals surface area (Å²) in [7, 11) is 0. The molecule has 2 aromatic heterocycles. The van der Waals surface area contributed by atoms with Crippen LogP contribution >= 0.6 is 0 Å². The number of benzene rings is 2. The fraction of sp³-hybridized carbons (Fsp3) is 0.0952. The molecular formula is C21H16FN3O4. The molecule has 3 N–H and O–H groups in total. The molecule has 146 valence electrons. The van der Waals surface area contributed by atoms with Gasteiger partial charge < -0.3 is 19.9 Å². The van der Waals surface area contributed by atoms with Crippen LogP contribution in [0.2, 0.25) is 0 Å². The number of nitrogens with zero attached hydrogens (tertiary/aromatic N) is 2. The van der Waals surface area contributed by atoms with E-state index < -0.39 is 17.3 Å². The number of carboxylic acids is 1. The van der Waals surface area contributed by atoms with Crippen LogP contribution in [-0.4, -0.2) is 37.7 Å². The molecule has 0 aliphatic carbocycles. The number of aromatic amines is 1. The maximum Gasteiger partial charge on any atom is 0.338 e. The van der Waals surface area contributed by atoms with Crippen LogP contribution in [0.25, 0.3) is 33.5 Å². The van der Waals surface area contributed by atoms with Crippen molar-refractivity contribution < 1.29 is 24.1 Å². The average molecular weight is 393 g/mol. The molecule has 0 spiro atoms. The van der Waals surface area contributed by atoms with Gasteiger partial charge in [-0.1, -0.05) is 6.07 Å². The van der Waals surface area contributed by atoms with Gasteiger partial charge in [0.25, 0.3) is 0 Å². The molecule has 0 aliphatic heterocycles.